The number of benzene rings is 1. The van der Waals surface area contributed by atoms with Crippen molar-refractivity contribution in [2.24, 2.45) is 5.92 Å². The molecule has 1 heterocycles. The normalized spacial score (nSPS) is 29.2. The van der Waals surface area contributed by atoms with Gasteiger partial charge in [0.1, 0.15) is 0 Å². The molecule has 3 rings (SSSR count). The smallest absolute Gasteiger partial charge is 0.0833 e. The highest BCUT2D eigenvalue weighted by Crippen LogP contribution is 2.37. The van der Waals surface area contributed by atoms with Gasteiger partial charge in [-0.05, 0) is 30.5 Å². The summed E-state index contributed by atoms with van der Waals surface area (Å²) in [6, 6.07) is 8.13. The van der Waals surface area contributed by atoms with Crippen LogP contribution in [0.25, 0.3) is 0 Å². The van der Waals surface area contributed by atoms with Gasteiger partial charge < -0.3 is 9.84 Å². The zero-order valence-electron chi connectivity index (χ0n) is 12.4. The van der Waals surface area contributed by atoms with E-state index >= 15 is 0 Å². The van der Waals surface area contributed by atoms with Crippen LogP contribution in [0.1, 0.15) is 37.4 Å². The van der Waals surface area contributed by atoms with Crippen molar-refractivity contribution >= 4 is 11.6 Å². The fourth-order valence-electron chi connectivity index (χ4n) is 3.78. The summed E-state index contributed by atoms with van der Waals surface area (Å²) in [5.41, 5.74) is 0.990. The molecule has 0 aromatic heterocycles. The van der Waals surface area contributed by atoms with E-state index in [-0.39, 0.29) is 0 Å². The molecule has 2 aliphatic rings. The van der Waals surface area contributed by atoms with Gasteiger partial charge in [0, 0.05) is 30.1 Å². The summed E-state index contributed by atoms with van der Waals surface area (Å²) < 4.78 is 5.47. The van der Waals surface area contributed by atoms with Crippen LogP contribution in [-0.2, 0) is 4.74 Å². The van der Waals surface area contributed by atoms with Gasteiger partial charge in [0.15, 0.2) is 0 Å². The van der Waals surface area contributed by atoms with E-state index in [0.29, 0.717) is 12.0 Å². The second-order valence-electron chi connectivity index (χ2n) is 6.16. The number of aliphatic hydroxyl groups excluding tert-OH is 1. The molecular weight excluding hydrogens is 286 g/mol. The van der Waals surface area contributed by atoms with Crippen LogP contribution in [0.4, 0.5) is 0 Å². The standard InChI is InChI=1S/C17H24ClNO2/c18-14-7-5-13(6-8-14)17(20)15-3-1-2-4-16(15)19-9-11-21-12-10-19/h5-8,15-17,20H,1-4,9-12H2/t15-,16-,17+/m0/s1. The number of hydrogen-bond donors (Lipinski definition) is 1. The molecule has 0 unspecified atom stereocenters. The number of nitrogens with zero attached hydrogens (tertiary/aromatic N) is 1. The molecule has 0 bridgehead atoms. The molecule has 4 heteroatoms. The third-order valence-electron chi connectivity index (χ3n) is 4.91. The molecule has 0 amide bonds. The van der Waals surface area contributed by atoms with Crippen molar-refractivity contribution in [1.82, 2.24) is 4.90 Å². The molecule has 3 nitrogen and oxygen atoms in total. The van der Waals surface area contributed by atoms with E-state index in [4.69, 9.17) is 16.3 Å². The van der Waals surface area contributed by atoms with Crippen molar-refractivity contribution in [3.05, 3.63) is 34.9 Å². The van der Waals surface area contributed by atoms with E-state index in [1.807, 2.05) is 24.3 Å². The molecule has 1 N–H and O–H groups in total. The van der Waals surface area contributed by atoms with Crippen molar-refractivity contribution < 1.29 is 9.84 Å². The largest absolute Gasteiger partial charge is 0.388 e. The van der Waals surface area contributed by atoms with Crippen LogP contribution < -0.4 is 0 Å². The van der Waals surface area contributed by atoms with Crippen LogP contribution in [0.5, 0.6) is 0 Å². The summed E-state index contributed by atoms with van der Waals surface area (Å²) in [4.78, 5) is 2.52. The monoisotopic (exact) mass is 309 g/mol. The first-order chi connectivity index (χ1) is 10.3. The molecular formula is C17H24ClNO2. The second-order valence-corrected chi connectivity index (χ2v) is 6.60. The predicted molar refractivity (Wildman–Crippen MR) is 84.5 cm³/mol. The molecule has 3 atom stereocenters. The molecule has 116 valence electrons. The van der Waals surface area contributed by atoms with Crippen molar-refractivity contribution in [3.8, 4) is 0 Å². The molecule has 2 fully saturated rings. The fraction of sp³-hybridized carbons (Fsp3) is 0.647. The number of aliphatic hydroxyl groups is 1. The number of rotatable bonds is 3. The highest BCUT2D eigenvalue weighted by Gasteiger charge is 2.35. The van der Waals surface area contributed by atoms with Gasteiger partial charge in [-0.2, -0.15) is 0 Å². The van der Waals surface area contributed by atoms with Crippen LogP contribution >= 0.6 is 11.6 Å². The lowest BCUT2D eigenvalue weighted by molar-refractivity contribution is -0.0372. The summed E-state index contributed by atoms with van der Waals surface area (Å²) in [6.45, 7) is 3.63. The SMILES string of the molecule is O[C@H](c1ccc(Cl)cc1)[C@H]1CCCC[C@@H]1N1CCOCC1. The maximum Gasteiger partial charge on any atom is 0.0833 e. The second kappa shape index (κ2) is 7.10. The number of halogens is 1. The van der Waals surface area contributed by atoms with Crippen LogP contribution in [0, 0.1) is 5.92 Å². The van der Waals surface area contributed by atoms with Gasteiger partial charge >= 0.3 is 0 Å². The Labute approximate surface area is 131 Å². The van der Waals surface area contributed by atoms with Crippen molar-refractivity contribution in [2.75, 3.05) is 26.3 Å². The van der Waals surface area contributed by atoms with E-state index in [0.717, 1.165) is 43.3 Å². The predicted octanol–water partition coefficient (Wildman–Crippen LogP) is 3.26. The average Bonchev–Trinajstić information content (AvgIpc) is 2.56. The first kappa shape index (κ1) is 15.3. The Hall–Kier alpha value is -0.610. The fourth-order valence-corrected chi connectivity index (χ4v) is 3.90. The molecule has 0 radical (unpaired) electrons. The minimum atomic E-state index is -0.393. The van der Waals surface area contributed by atoms with E-state index in [9.17, 15) is 5.11 Å². The van der Waals surface area contributed by atoms with Crippen LogP contribution in [0.15, 0.2) is 24.3 Å². The Morgan fingerprint density at radius 2 is 1.76 bits per heavy atom. The summed E-state index contributed by atoms with van der Waals surface area (Å²) >= 11 is 5.95. The Bertz CT molecular complexity index is 445. The summed E-state index contributed by atoms with van der Waals surface area (Å²) in [7, 11) is 0. The van der Waals surface area contributed by atoms with E-state index in [1.165, 1.54) is 19.3 Å². The van der Waals surface area contributed by atoms with Crippen molar-refractivity contribution in [2.45, 2.75) is 37.8 Å². The van der Waals surface area contributed by atoms with E-state index < -0.39 is 6.10 Å². The minimum Gasteiger partial charge on any atom is -0.388 e. The van der Waals surface area contributed by atoms with Gasteiger partial charge in [-0.25, -0.2) is 0 Å². The molecule has 0 spiro atoms. The van der Waals surface area contributed by atoms with Gasteiger partial charge in [-0.1, -0.05) is 36.6 Å². The van der Waals surface area contributed by atoms with Gasteiger partial charge in [0.25, 0.3) is 0 Å². The Balaban J connectivity index is 1.74. The first-order valence-corrected chi connectivity index (χ1v) is 8.39. The average molecular weight is 310 g/mol. The van der Waals surface area contributed by atoms with E-state index in [2.05, 4.69) is 4.90 Å². The topological polar surface area (TPSA) is 32.7 Å². The number of ether oxygens (including phenoxy) is 1. The molecule has 1 aromatic rings. The maximum absolute atomic E-state index is 10.8. The molecule has 1 saturated heterocycles. The minimum absolute atomic E-state index is 0.318. The lowest BCUT2D eigenvalue weighted by Gasteiger charge is -2.43. The van der Waals surface area contributed by atoms with Crippen LogP contribution in [0.2, 0.25) is 5.02 Å². The summed E-state index contributed by atoms with van der Waals surface area (Å²) in [5, 5.41) is 11.6. The maximum atomic E-state index is 10.8. The Morgan fingerprint density at radius 1 is 1.10 bits per heavy atom. The molecule has 1 aliphatic carbocycles. The van der Waals surface area contributed by atoms with Gasteiger partial charge in [-0.3, -0.25) is 4.90 Å². The van der Waals surface area contributed by atoms with E-state index in [1.54, 1.807) is 0 Å². The molecule has 1 aliphatic heterocycles. The number of morpholine rings is 1. The van der Waals surface area contributed by atoms with Gasteiger partial charge in [0.2, 0.25) is 0 Å². The lowest BCUT2D eigenvalue weighted by atomic mass is 9.78. The lowest BCUT2D eigenvalue weighted by Crippen LogP contribution is -2.49. The van der Waals surface area contributed by atoms with Gasteiger partial charge in [0.05, 0.1) is 19.3 Å². The molecule has 1 aromatic carbocycles. The molecule has 1 saturated carbocycles. The Morgan fingerprint density at radius 3 is 2.48 bits per heavy atom. The van der Waals surface area contributed by atoms with Gasteiger partial charge in [-0.15, -0.1) is 0 Å². The van der Waals surface area contributed by atoms with Crippen LogP contribution in [0.3, 0.4) is 0 Å². The zero-order chi connectivity index (χ0) is 14.7. The highest BCUT2D eigenvalue weighted by atomic mass is 35.5. The highest BCUT2D eigenvalue weighted by molar-refractivity contribution is 6.30. The summed E-state index contributed by atoms with van der Waals surface area (Å²) in [5.74, 6) is 0.318. The zero-order valence-corrected chi connectivity index (χ0v) is 13.1. The molecule has 21 heavy (non-hydrogen) atoms. The summed E-state index contributed by atoms with van der Waals surface area (Å²) in [6.07, 6.45) is 4.39. The van der Waals surface area contributed by atoms with Crippen molar-refractivity contribution in [3.63, 3.8) is 0 Å². The Kier molecular flexibility index (Phi) is 5.17. The third kappa shape index (κ3) is 3.59. The quantitative estimate of drug-likeness (QED) is 0.930. The van der Waals surface area contributed by atoms with Crippen LogP contribution in [-0.4, -0.2) is 42.4 Å². The first-order valence-electron chi connectivity index (χ1n) is 8.01. The number of hydrogen-bond acceptors (Lipinski definition) is 3. The third-order valence-corrected chi connectivity index (χ3v) is 5.17. The van der Waals surface area contributed by atoms with Crippen molar-refractivity contribution in [1.29, 1.82) is 0 Å².